The highest BCUT2D eigenvalue weighted by Crippen LogP contribution is 2.23. The number of rotatable bonds is 4. The molecule has 2 aromatic rings. The lowest BCUT2D eigenvalue weighted by Gasteiger charge is -2.35. The van der Waals surface area contributed by atoms with E-state index in [1.54, 1.807) is 12.4 Å². The van der Waals surface area contributed by atoms with Gasteiger partial charge in [0.25, 0.3) is 5.91 Å². The maximum absolute atomic E-state index is 13.2. The van der Waals surface area contributed by atoms with E-state index >= 15 is 0 Å². The van der Waals surface area contributed by atoms with Crippen LogP contribution in [0.15, 0.2) is 35.7 Å². The lowest BCUT2D eigenvalue weighted by molar-refractivity contribution is 0.0623. The Labute approximate surface area is 139 Å². The number of carbonyl (C=O) groups is 1. The zero-order valence-electron chi connectivity index (χ0n) is 13.5. The first-order valence-electron chi connectivity index (χ1n) is 8.00. The normalized spacial score (nSPS) is 17.4. The van der Waals surface area contributed by atoms with Gasteiger partial charge in [0.05, 0.1) is 23.6 Å². The molecule has 1 aromatic carbocycles. The second-order valence-corrected chi connectivity index (χ2v) is 5.90. The van der Waals surface area contributed by atoms with Crippen LogP contribution >= 0.6 is 0 Å². The third-order valence-corrected chi connectivity index (χ3v) is 4.26. The van der Waals surface area contributed by atoms with Crippen LogP contribution in [0, 0.1) is 6.92 Å². The van der Waals surface area contributed by atoms with E-state index in [1.165, 1.54) is 4.80 Å². The molecule has 3 rings (SSSR count). The number of azide groups is 1. The average Bonchev–Trinajstić information content (AvgIpc) is 3.14. The molecule has 1 aliphatic rings. The summed E-state index contributed by atoms with van der Waals surface area (Å²) in [5, 5.41) is 12.0. The smallest absolute Gasteiger partial charge is 0.256 e. The Kier molecular flexibility index (Phi) is 4.77. The van der Waals surface area contributed by atoms with Gasteiger partial charge in [0.2, 0.25) is 0 Å². The number of amides is 1. The summed E-state index contributed by atoms with van der Waals surface area (Å²) in [7, 11) is 0. The second kappa shape index (κ2) is 7.14. The molecule has 0 saturated carbocycles. The Morgan fingerprint density at radius 2 is 2.17 bits per heavy atom. The molecule has 124 valence electrons. The SMILES string of the molecule is Cc1ccc(-n2nccn2)c(C(=O)N2CCCC[C@H]2CN=[N+]=[N-])c1. The minimum absolute atomic E-state index is 0.0545. The molecule has 0 bridgehead atoms. The van der Waals surface area contributed by atoms with Crippen molar-refractivity contribution in [1.29, 1.82) is 0 Å². The molecule has 0 aliphatic carbocycles. The van der Waals surface area contributed by atoms with Crippen molar-refractivity contribution in [1.82, 2.24) is 19.9 Å². The number of benzene rings is 1. The van der Waals surface area contributed by atoms with Crippen LogP contribution < -0.4 is 0 Å². The van der Waals surface area contributed by atoms with Crippen LogP contribution in [0.3, 0.4) is 0 Å². The topological polar surface area (TPSA) is 99.8 Å². The van der Waals surface area contributed by atoms with E-state index in [2.05, 4.69) is 20.2 Å². The summed E-state index contributed by atoms with van der Waals surface area (Å²) >= 11 is 0. The van der Waals surface area contributed by atoms with Gasteiger partial charge in [0.1, 0.15) is 0 Å². The van der Waals surface area contributed by atoms with Crippen LogP contribution in [0.1, 0.15) is 35.2 Å². The summed E-state index contributed by atoms with van der Waals surface area (Å²) in [6.07, 6.45) is 6.02. The number of hydrogen-bond donors (Lipinski definition) is 0. The minimum Gasteiger partial charge on any atom is -0.335 e. The largest absolute Gasteiger partial charge is 0.335 e. The highest BCUT2D eigenvalue weighted by atomic mass is 16.2. The van der Waals surface area contributed by atoms with E-state index in [-0.39, 0.29) is 11.9 Å². The molecule has 24 heavy (non-hydrogen) atoms. The van der Waals surface area contributed by atoms with Gasteiger partial charge in [-0.25, -0.2) is 0 Å². The zero-order valence-corrected chi connectivity index (χ0v) is 13.5. The van der Waals surface area contributed by atoms with Gasteiger partial charge in [0, 0.05) is 24.0 Å². The van der Waals surface area contributed by atoms with Crippen LogP contribution in [-0.2, 0) is 0 Å². The Morgan fingerprint density at radius 1 is 1.38 bits per heavy atom. The van der Waals surface area contributed by atoms with Crippen LogP contribution in [0.25, 0.3) is 16.1 Å². The van der Waals surface area contributed by atoms with Gasteiger partial charge in [-0.3, -0.25) is 4.79 Å². The Morgan fingerprint density at radius 3 is 2.92 bits per heavy atom. The molecule has 0 N–H and O–H groups in total. The minimum atomic E-state index is -0.0659. The highest BCUT2D eigenvalue weighted by molar-refractivity contribution is 5.98. The molecular formula is C16H19N7O. The van der Waals surface area contributed by atoms with Crippen molar-refractivity contribution in [3.63, 3.8) is 0 Å². The lowest BCUT2D eigenvalue weighted by Crippen LogP contribution is -2.45. The van der Waals surface area contributed by atoms with Crippen molar-refractivity contribution >= 4 is 5.91 Å². The maximum atomic E-state index is 13.2. The van der Waals surface area contributed by atoms with Crippen molar-refractivity contribution in [3.05, 3.63) is 52.2 Å². The fraction of sp³-hybridized carbons (Fsp3) is 0.438. The first-order chi connectivity index (χ1) is 11.7. The van der Waals surface area contributed by atoms with Gasteiger partial charge in [-0.2, -0.15) is 15.0 Å². The predicted octanol–water partition coefficient (Wildman–Crippen LogP) is 2.88. The van der Waals surface area contributed by atoms with Gasteiger partial charge < -0.3 is 4.90 Å². The lowest BCUT2D eigenvalue weighted by atomic mass is 10.00. The Hall–Kier alpha value is -2.86. The number of aryl methyl sites for hydroxylation is 1. The third kappa shape index (κ3) is 3.23. The standard InChI is InChI=1S/C16H19N7O/c1-12-5-6-15(23-19-7-8-20-23)14(10-12)16(24)22-9-3-2-4-13(22)11-18-21-17/h5-8,10,13H,2-4,9,11H2,1H3/t13-/m0/s1. The number of piperidine rings is 1. The number of carbonyl (C=O) groups excluding carboxylic acids is 1. The summed E-state index contributed by atoms with van der Waals surface area (Å²) < 4.78 is 0. The number of likely N-dealkylation sites (tertiary alicyclic amines) is 1. The van der Waals surface area contributed by atoms with Crippen molar-refractivity contribution < 1.29 is 4.79 Å². The quantitative estimate of drug-likeness (QED) is 0.491. The number of aromatic nitrogens is 3. The fourth-order valence-electron chi connectivity index (χ4n) is 3.08. The molecule has 1 aromatic heterocycles. The number of hydrogen-bond acceptors (Lipinski definition) is 4. The summed E-state index contributed by atoms with van der Waals surface area (Å²) in [6, 6.07) is 5.60. The van der Waals surface area contributed by atoms with E-state index < -0.39 is 0 Å². The Balaban J connectivity index is 1.96. The molecule has 0 unspecified atom stereocenters. The monoisotopic (exact) mass is 325 g/mol. The zero-order chi connectivity index (χ0) is 16.9. The first kappa shape index (κ1) is 16.0. The fourth-order valence-corrected chi connectivity index (χ4v) is 3.08. The van der Waals surface area contributed by atoms with Gasteiger partial charge in [0.15, 0.2) is 0 Å². The van der Waals surface area contributed by atoms with E-state index in [1.807, 2.05) is 30.0 Å². The van der Waals surface area contributed by atoms with Gasteiger partial charge >= 0.3 is 0 Å². The van der Waals surface area contributed by atoms with Crippen LogP contribution in [0.4, 0.5) is 0 Å². The molecule has 0 radical (unpaired) electrons. The molecule has 8 nitrogen and oxygen atoms in total. The molecule has 0 spiro atoms. The summed E-state index contributed by atoms with van der Waals surface area (Å²) in [5.74, 6) is -0.0659. The van der Waals surface area contributed by atoms with Crippen LogP contribution in [0.2, 0.25) is 0 Å². The van der Waals surface area contributed by atoms with Crippen LogP contribution in [-0.4, -0.2) is 44.9 Å². The predicted molar refractivity (Wildman–Crippen MR) is 88.8 cm³/mol. The van der Waals surface area contributed by atoms with Crippen molar-refractivity contribution in [3.8, 4) is 5.69 Å². The van der Waals surface area contributed by atoms with Crippen molar-refractivity contribution in [2.75, 3.05) is 13.1 Å². The van der Waals surface area contributed by atoms with Crippen LogP contribution in [0.5, 0.6) is 0 Å². The number of nitrogens with zero attached hydrogens (tertiary/aromatic N) is 7. The summed E-state index contributed by atoms with van der Waals surface area (Å²) in [6.45, 7) is 2.93. The maximum Gasteiger partial charge on any atom is 0.256 e. The van der Waals surface area contributed by atoms with E-state index in [9.17, 15) is 4.79 Å². The molecule has 8 heteroatoms. The Bertz CT molecular complexity index is 765. The molecule has 1 atom stereocenters. The highest BCUT2D eigenvalue weighted by Gasteiger charge is 2.28. The molecule has 1 amide bonds. The van der Waals surface area contributed by atoms with Crippen molar-refractivity contribution in [2.45, 2.75) is 32.2 Å². The second-order valence-electron chi connectivity index (χ2n) is 5.90. The van der Waals surface area contributed by atoms with E-state index in [0.29, 0.717) is 24.3 Å². The summed E-state index contributed by atoms with van der Waals surface area (Å²) in [5.41, 5.74) is 10.8. The average molecular weight is 325 g/mol. The third-order valence-electron chi connectivity index (χ3n) is 4.26. The van der Waals surface area contributed by atoms with E-state index in [0.717, 1.165) is 24.8 Å². The van der Waals surface area contributed by atoms with E-state index in [4.69, 9.17) is 5.53 Å². The van der Waals surface area contributed by atoms with Crippen molar-refractivity contribution in [2.24, 2.45) is 5.11 Å². The van der Waals surface area contributed by atoms with Gasteiger partial charge in [-0.05, 0) is 43.9 Å². The van der Waals surface area contributed by atoms with Gasteiger partial charge in [-0.15, -0.1) is 0 Å². The molecule has 1 aliphatic heterocycles. The molecule has 2 heterocycles. The first-order valence-corrected chi connectivity index (χ1v) is 8.00. The molecule has 1 saturated heterocycles. The molecule has 1 fully saturated rings. The summed E-state index contributed by atoms with van der Waals surface area (Å²) in [4.78, 5) is 19.3. The molecular weight excluding hydrogens is 306 g/mol. The van der Waals surface area contributed by atoms with Gasteiger partial charge in [-0.1, -0.05) is 16.7 Å².